The predicted molar refractivity (Wildman–Crippen MR) is 112 cm³/mol. The summed E-state index contributed by atoms with van der Waals surface area (Å²) in [7, 11) is -1.69. The molecule has 0 aliphatic rings. The number of hydrogen-bond donors (Lipinski definition) is 1. The summed E-state index contributed by atoms with van der Waals surface area (Å²) in [5.74, 6) is 4.29. The third kappa shape index (κ3) is 5.30. The molecular weight excluding hydrogens is 479 g/mol. The Morgan fingerprint density at radius 3 is 2.90 bits per heavy atom. The molecule has 0 atom stereocenters. The van der Waals surface area contributed by atoms with Gasteiger partial charge in [0.2, 0.25) is 5.88 Å². The van der Waals surface area contributed by atoms with Gasteiger partial charge in [0, 0.05) is 21.9 Å². The number of fused-ring (bicyclic) bond motifs is 1. The fourth-order valence-corrected chi connectivity index (χ4v) is 3.30. The van der Waals surface area contributed by atoms with E-state index in [4.69, 9.17) is 8.85 Å². The largest absolute Gasteiger partial charge is 0.480 e. The van der Waals surface area contributed by atoms with Gasteiger partial charge in [0.1, 0.15) is 0 Å². The van der Waals surface area contributed by atoms with Crippen LogP contribution in [0.1, 0.15) is 25.9 Å². The third-order valence-corrected chi connectivity index (χ3v) is 4.84. The average Bonchev–Trinajstić information content (AvgIpc) is 3.07. The third-order valence-electron chi connectivity index (χ3n) is 4.17. The molecule has 0 aromatic carbocycles. The number of nitrogens with zero attached hydrogens (tertiary/aromatic N) is 2. The van der Waals surface area contributed by atoms with Crippen LogP contribution in [0, 0.1) is 11.8 Å². The number of pyridine rings is 2. The number of alkyl halides is 3. The Morgan fingerprint density at radius 2 is 2.19 bits per heavy atom. The van der Waals surface area contributed by atoms with E-state index in [0.717, 1.165) is 7.11 Å². The molecule has 0 amide bonds. The number of carbonyl (C=O) groups is 1. The standard InChI is InChI=1S/C21H17BrF3N3O3/c1-30-19-15(7-8-16(27-19)20(29)31-2)26-9-3-5-13-11-17-14(22)6-4-10-28(17)18(13)12-21(23,24)25/h4,6-8,10-11,26H,9,12H2,1-2H3/i1D3. The van der Waals surface area contributed by atoms with E-state index in [1.807, 2.05) is 0 Å². The molecule has 3 aromatic heterocycles. The van der Waals surface area contributed by atoms with E-state index in [2.05, 4.69) is 42.8 Å². The zero-order valence-corrected chi connectivity index (χ0v) is 17.6. The fourth-order valence-electron chi connectivity index (χ4n) is 2.85. The average molecular weight is 499 g/mol. The highest BCUT2D eigenvalue weighted by molar-refractivity contribution is 9.10. The summed E-state index contributed by atoms with van der Waals surface area (Å²) in [5.41, 5.74) is 0.686. The molecular formula is C21H17BrF3N3O3. The summed E-state index contributed by atoms with van der Waals surface area (Å²) >= 11 is 3.33. The second-order valence-electron chi connectivity index (χ2n) is 6.21. The molecule has 6 nitrogen and oxygen atoms in total. The van der Waals surface area contributed by atoms with Gasteiger partial charge in [0.05, 0.1) is 42.4 Å². The van der Waals surface area contributed by atoms with Crippen molar-refractivity contribution in [2.24, 2.45) is 0 Å². The number of rotatable bonds is 5. The van der Waals surface area contributed by atoms with Crippen molar-refractivity contribution in [3.8, 4) is 17.7 Å². The van der Waals surface area contributed by atoms with Crippen molar-refractivity contribution in [1.82, 2.24) is 9.38 Å². The molecule has 1 N–H and O–H groups in total. The van der Waals surface area contributed by atoms with Crippen molar-refractivity contribution in [3.63, 3.8) is 0 Å². The van der Waals surface area contributed by atoms with E-state index in [0.29, 0.717) is 9.99 Å². The van der Waals surface area contributed by atoms with Crippen molar-refractivity contribution in [2.75, 3.05) is 26.0 Å². The van der Waals surface area contributed by atoms with Gasteiger partial charge in [0.25, 0.3) is 0 Å². The van der Waals surface area contributed by atoms with E-state index in [1.54, 1.807) is 18.2 Å². The van der Waals surface area contributed by atoms with Gasteiger partial charge in [-0.1, -0.05) is 11.8 Å². The van der Waals surface area contributed by atoms with Crippen molar-refractivity contribution < 1.29 is 31.6 Å². The molecule has 3 rings (SSSR count). The van der Waals surface area contributed by atoms with Crippen LogP contribution in [0.5, 0.6) is 5.88 Å². The van der Waals surface area contributed by atoms with Crippen molar-refractivity contribution in [2.45, 2.75) is 12.6 Å². The summed E-state index contributed by atoms with van der Waals surface area (Å²) in [6.45, 7) is -0.0740. The molecule has 0 saturated heterocycles. The first-order valence-corrected chi connectivity index (χ1v) is 9.53. The van der Waals surface area contributed by atoms with Crippen LogP contribution in [0.3, 0.4) is 0 Å². The second kappa shape index (κ2) is 9.31. The first-order chi connectivity index (χ1) is 15.9. The summed E-state index contributed by atoms with van der Waals surface area (Å²) < 4.78 is 72.7. The van der Waals surface area contributed by atoms with Crippen molar-refractivity contribution in [3.05, 3.63) is 58.0 Å². The van der Waals surface area contributed by atoms with Crippen molar-refractivity contribution >= 4 is 33.1 Å². The van der Waals surface area contributed by atoms with Gasteiger partial charge in [-0.2, -0.15) is 13.2 Å². The van der Waals surface area contributed by atoms with Gasteiger partial charge in [-0.3, -0.25) is 0 Å². The number of ether oxygens (including phenoxy) is 2. The molecule has 10 heteroatoms. The highest BCUT2D eigenvalue weighted by Crippen LogP contribution is 2.29. The molecule has 0 fully saturated rings. The van der Waals surface area contributed by atoms with Gasteiger partial charge in [0.15, 0.2) is 5.69 Å². The van der Waals surface area contributed by atoms with Gasteiger partial charge < -0.3 is 19.2 Å². The van der Waals surface area contributed by atoms with Gasteiger partial charge in [-0.25, -0.2) is 9.78 Å². The zero-order valence-electron chi connectivity index (χ0n) is 19.0. The molecule has 0 saturated carbocycles. The lowest BCUT2D eigenvalue weighted by Crippen LogP contribution is -2.14. The van der Waals surface area contributed by atoms with Gasteiger partial charge in [-0.05, 0) is 46.3 Å². The first-order valence-electron chi connectivity index (χ1n) is 10.2. The lowest BCUT2D eigenvalue weighted by atomic mass is 10.2. The molecule has 0 spiro atoms. The van der Waals surface area contributed by atoms with Crippen molar-refractivity contribution in [1.29, 1.82) is 0 Å². The smallest absolute Gasteiger partial charge is 0.394 e. The minimum atomic E-state index is -4.43. The maximum Gasteiger partial charge on any atom is 0.394 e. The number of hydrogen-bond acceptors (Lipinski definition) is 5. The van der Waals surface area contributed by atoms with Gasteiger partial charge in [-0.15, -0.1) is 0 Å². The van der Waals surface area contributed by atoms with Gasteiger partial charge >= 0.3 is 12.1 Å². The molecule has 0 unspecified atom stereocenters. The Kier molecular flexibility index (Phi) is 5.57. The van der Waals surface area contributed by atoms with Crippen LogP contribution in [-0.4, -0.2) is 42.2 Å². The SMILES string of the molecule is [2H]C([2H])([2H])Oc1nc(C(=O)OC)ccc1NCC#Cc1cc2c(Br)cccn2c1CC(F)(F)F. The minimum Gasteiger partial charge on any atom is -0.480 e. The summed E-state index contributed by atoms with van der Waals surface area (Å²) in [4.78, 5) is 15.5. The topological polar surface area (TPSA) is 64.9 Å². The van der Waals surface area contributed by atoms with E-state index in [1.165, 1.54) is 22.7 Å². The Hall–Kier alpha value is -3.19. The van der Waals surface area contributed by atoms with Crippen LogP contribution in [0.2, 0.25) is 0 Å². The molecule has 162 valence electrons. The second-order valence-corrected chi connectivity index (χ2v) is 7.06. The predicted octanol–water partition coefficient (Wildman–Crippen LogP) is 4.46. The number of methoxy groups -OCH3 is 2. The summed E-state index contributed by atoms with van der Waals surface area (Å²) in [6.07, 6.45) is -4.07. The molecule has 0 aliphatic carbocycles. The zero-order chi connectivity index (χ0) is 25.1. The Bertz CT molecular complexity index is 1280. The quantitative estimate of drug-likeness (QED) is 0.415. The van der Waals surface area contributed by atoms with E-state index in [9.17, 15) is 18.0 Å². The minimum absolute atomic E-state index is 0.00757. The monoisotopic (exact) mass is 498 g/mol. The lowest BCUT2D eigenvalue weighted by molar-refractivity contribution is -0.128. The van der Waals surface area contributed by atoms with Crippen LogP contribution in [-0.2, 0) is 11.2 Å². The van der Waals surface area contributed by atoms with Crippen LogP contribution in [0.4, 0.5) is 18.9 Å². The highest BCUT2D eigenvalue weighted by Gasteiger charge is 2.30. The number of aromatic nitrogens is 2. The molecule has 31 heavy (non-hydrogen) atoms. The maximum atomic E-state index is 13.1. The molecule has 0 bridgehead atoms. The van der Waals surface area contributed by atoms with E-state index >= 15 is 0 Å². The first kappa shape index (κ1) is 18.6. The maximum absolute atomic E-state index is 13.1. The molecule has 3 aromatic rings. The number of anilines is 1. The Balaban J connectivity index is 1.87. The number of carbonyl (C=O) groups excluding carboxylic acids is 1. The normalized spacial score (nSPS) is 12.9. The van der Waals surface area contributed by atoms with Crippen LogP contribution in [0.15, 0.2) is 41.0 Å². The fraction of sp³-hybridized carbons (Fsp3) is 0.238. The van der Waals surface area contributed by atoms with E-state index in [-0.39, 0.29) is 35.1 Å². The molecule has 0 aliphatic heterocycles. The highest BCUT2D eigenvalue weighted by atomic mass is 79.9. The summed E-state index contributed by atoms with van der Waals surface area (Å²) in [5, 5.41) is 2.80. The number of esters is 1. The Morgan fingerprint density at radius 1 is 1.39 bits per heavy atom. The van der Waals surface area contributed by atoms with Crippen LogP contribution >= 0.6 is 15.9 Å². The summed E-state index contributed by atoms with van der Waals surface area (Å²) in [6, 6.07) is 7.54. The number of nitrogens with one attached hydrogen (secondary N) is 1. The molecule has 3 heterocycles. The van der Waals surface area contributed by atoms with Crippen LogP contribution in [0.25, 0.3) is 5.52 Å². The van der Waals surface area contributed by atoms with Crippen LogP contribution < -0.4 is 10.1 Å². The number of halogens is 4. The Labute approximate surface area is 188 Å². The van der Waals surface area contributed by atoms with E-state index < -0.39 is 25.6 Å². The molecule has 0 radical (unpaired) electrons. The lowest BCUT2D eigenvalue weighted by Gasteiger charge is -2.09.